The van der Waals surface area contributed by atoms with Crippen molar-refractivity contribution in [2.45, 2.75) is 110 Å². The Kier molecular flexibility index (Phi) is 20.1. The summed E-state index contributed by atoms with van der Waals surface area (Å²) >= 11 is 0. The van der Waals surface area contributed by atoms with Crippen LogP contribution in [0.3, 0.4) is 0 Å². The van der Waals surface area contributed by atoms with Gasteiger partial charge in [-0.3, -0.25) is 14.4 Å². The molecule has 0 radical (unpaired) electrons. The Bertz CT molecular complexity index is 1880. The van der Waals surface area contributed by atoms with Crippen molar-refractivity contribution < 1.29 is 57.3 Å². The Hall–Kier alpha value is -3.48. The molecule has 0 spiro atoms. The Morgan fingerprint density at radius 2 is 1.68 bits per heavy atom. The number of hydrogen-bond acceptors (Lipinski definition) is 12. The van der Waals surface area contributed by atoms with Gasteiger partial charge in [0.15, 0.2) is 5.78 Å². The number of aliphatic hydroxyl groups is 5. The summed E-state index contributed by atoms with van der Waals surface area (Å²) < 4.78 is 19.0. The number of carbonyl (C=O) groups is 2. The smallest absolute Gasteiger partial charge is 1.00 e. The number of ether oxygens (including phenoxy) is 3. The molecule has 2 saturated heterocycles. The van der Waals surface area contributed by atoms with E-state index in [0.717, 1.165) is 5.57 Å². The molecule has 1 amide bonds. The monoisotopic (exact) mass is 836 g/mol. The molecule has 1 aromatic heterocycles. The van der Waals surface area contributed by atoms with E-state index in [-0.39, 0.29) is 50.0 Å². The van der Waals surface area contributed by atoms with Gasteiger partial charge in [0.1, 0.15) is 35.7 Å². The number of hydrogen-bond donors (Lipinski definition) is 7. The van der Waals surface area contributed by atoms with E-state index in [1.807, 2.05) is 26.8 Å². The number of ketones is 1. The van der Waals surface area contributed by atoms with Crippen LogP contribution in [0.1, 0.15) is 68.1 Å². The predicted molar refractivity (Wildman–Crippen MR) is 228 cm³/mol. The average Bonchev–Trinajstić information content (AvgIpc) is 3.46. The molecule has 0 aromatic carbocycles. The molecule has 59 heavy (non-hydrogen) atoms. The van der Waals surface area contributed by atoms with Crippen LogP contribution in [0.2, 0.25) is 0 Å². The van der Waals surface area contributed by atoms with E-state index >= 15 is 0 Å². The molecule has 14 nitrogen and oxygen atoms in total. The molecule has 1 aromatic rings. The van der Waals surface area contributed by atoms with E-state index in [4.69, 9.17) is 14.2 Å². The number of methoxy groups -OCH3 is 1. The molecule has 0 bridgehead atoms. The quantitative estimate of drug-likeness (QED) is 0.0522. The number of Topliss-reactive ketones (excluding diaryl/α,β-unsaturated/α-hetero) is 1. The van der Waals surface area contributed by atoms with Gasteiger partial charge in [0, 0.05) is 38.2 Å². The van der Waals surface area contributed by atoms with Gasteiger partial charge in [0.05, 0.1) is 30.3 Å². The topological polar surface area (TPSA) is 217 Å². The van der Waals surface area contributed by atoms with E-state index in [1.165, 1.54) is 44.0 Å². The fourth-order valence-electron chi connectivity index (χ4n) is 7.27. The van der Waals surface area contributed by atoms with Crippen LogP contribution < -0.4 is 10.9 Å². The number of aliphatic hydroxyl groups excluding tert-OH is 4. The van der Waals surface area contributed by atoms with Gasteiger partial charge in [-0.25, -0.2) is 0 Å². The second-order valence-electron chi connectivity index (χ2n) is 15.5. The summed E-state index contributed by atoms with van der Waals surface area (Å²) in [6, 6.07) is 1.27. The predicted octanol–water partition coefficient (Wildman–Crippen LogP) is 2.93. The third-order valence-corrected chi connectivity index (χ3v) is 11.0. The van der Waals surface area contributed by atoms with Gasteiger partial charge >= 0.3 is 23.1 Å². The minimum Gasteiger partial charge on any atom is -1.00 e. The zero-order valence-electron chi connectivity index (χ0n) is 37.6. The summed E-state index contributed by atoms with van der Waals surface area (Å²) in [5.74, 6) is -5.51. The fraction of sp³-hybridized carbons (Fsp3) is 0.523. The van der Waals surface area contributed by atoms with Crippen molar-refractivity contribution in [3.63, 3.8) is 0 Å². The molecular weight excluding hydrogens is 773 g/mol. The van der Waals surface area contributed by atoms with Crippen molar-refractivity contribution in [3.8, 4) is 5.75 Å². The number of amides is 1. The van der Waals surface area contributed by atoms with Crippen molar-refractivity contribution >= 4 is 34.7 Å². The Labute approximate surface area is 366 Å². The van der Waals surface area contributed by atoms with Gasteiger partial charge < -0.3 is 57.6 Å². The van der Waals surface area contributed by atoms with Gasteiger partial charge in [-0.15, -0.1) is 0 Å². The van der Waals surface area contributed by atoms with Crippen LogP contribution in [0.5, 0.6) is 5.75 Å². The molecule has 0 aliphatic carbocycles. The van der Waals surface area contributed by atoms with Crippen LogP contribution in [-0.4, -0.2) is 138 Å². The first-order valence-electron chi connectivity index (χ1n) is 19.5. The van der Waals surface area contributed by atoms with E-state index in [1.54, 1.807) is 81.5 Å². The van der Waals surface area contributed by atoms with Crippen molar-refractivity contribution in [1.29, 1.82) is 0 Å². The summed E-state index contributed by atoms with van der Waals surface area (Å²) in [6.07, 6.45) is 13.0. The average molecular weight is 837 g/mol. The molecule has 2 aliphatic rings. The maximum Gasteiger partial charge on any atom is 2.00 e. The Morgan fingerprint density at radius 3 is 2.31 bits per heavy atom. The van der Waals surface area contributed by atoms with Crippen molar-refractivity contribution in [2.75, 3.05) is 13.7 Å². The van der Waals surface area contributed by atoms with Crippen molar-refractivity contribution in [2.24, 2.45) is 24.3 Å². The standard InChI is InChI=1S/C44H62N2O12.Mg.2H/c1-10-12-14-22-32-43(6,7)39(51)40(52)44(55,58-32)29(11-2)41(53)45-24-18-17-20-27(4)37(56-9)28(5)38-36(50)35(49)31(57-38)21-16-13-15-19-26(3)34(48)33-30(47)23-25-46(8)42(33)54;;;/h10,12-23,25,28-29,31-32,35-40,47,49-52,55H,11,24H2,1-9H3,(H,45,53);;;/q;+2;2*-1/b12-10-,15-13+,18-17+,21-16+,22-14+,26-19+,27-20+;;;/t28-,29-,31-,32+,35+,36+,37-,38+,39+,40-,44-;;;/m1.../s1. The largest absolute Gasteiger partial charge is 2.00 e. The third-order valence-electron chi connectivity index (χ3n) is 11.0. The number of aromatic nitrogens is 1. The van der Waals surface area contributed by atoms with Gasteiger partial charge in [0.2, 0.25) is 11.7 Å². The number of aryl methyl sites for hydroxylation is 1. The summed E-state index contributed by atoms with van der Waals surface area (Å²) in [4.78, 5) is 38.4. The first-order chi connectivity index (χ1) is 27.3. The Balaban J connectivity index is 0.0000120. The van der Waals surface area contributed by atoms with Crippen molar-refractivity contribution in [3.05, 3.63) is 112 Å². The van der Waals surface area contributed by atoms with Crippen LogP contribution in [0.15, 0.2) is 101 Å². The molecule has 7 N–H and O–H groups in total. The maximum absolute atomic E-state index is 13.3. The molecule has 3 heterocycles. The molecular formula is C44H64MgN2O12. The molecule has 2 aliphatic heterocycles. The number of rotatable bonds is 17. The van der Waals surface area contributed by atoms with Crippen LogP contribution in [0, 0.1) is 17.3 Å². The molecule has 11 atom stereocenters. The molecule has 0 unspecified atom stereocenters. The van der Waals surface area contributed by atoms with Gasteiger partial charge in [-0.05, 0) is 44.4 Å². The normalized spacial score (nSPS) is 29.4. The zero-order chi connectivity index (χ0) is 43.5. The number of nitrogens with zero attached hydrogens (tertiary/aromatic N) is 1. The van der Waals surface area contributed by atoms with Crippen LogP contribution >= 0.6 is 0 Å². The van der Waals surface area contributed by atoms with E-state index in [0.29, 0.717) is 0 Å². The van der Waals surface area contributed by atoms with Crippen LogP contribution in [0.25, 0.3) is 0 Å². The van der Waals surface area contributed by atoms with Gasteiger partial charge in [0.25, 0.3) is 5.56 Å². The number of allylic oxidation sites excluding steroid dienone is 10. The summed E-state index contributed by atoms with van der Waals surface area (Å²) in [7, 11) is 3.01. The zero-order valence-corrected chi connectivity index (χ0v) is 37.0. The van der Waals surface area contributed by atoms with E-state index in [9.17, 15) is 45.0 Å². The first-order valence-corrected chi connectivity index (χ1v) is 19.5. The van der Waals surface area contributed by atoms with Gasteiger partial charge in [-0.2, -0.15) is 0 Å². The fourth-order valence-corrected chi connectivity index (χ4v) is 7.27. The summed E-state index contributed by atoms with van der Waals surface area (Å²) in [6.45, 7) is 12.2. The SMILES string of the molecule is C/C=C\C=C\[C@@H]1O[C@](O)([C@H](CC)C(=O)NC/C=C/C=C(\C)[C@@H](OC)[C@@H](C)[C@@H]2O[C@H](/C=C/C=C/C=C(\C)C(=O)c3c(O)ccn(C)c3=O)[C@H](O)[C@@H]2O)[C@H](O)[C@H](O)C1(C)C.[H-].[H-].[Mg+2]. The van der Waals surface area contributed by atoms with Crippen LogP contribution in [0.4, 0.5) is 0 Å². The Morgan fingerprint density at radius 1 is 1.02 bits per heavy atom. The summed E-state index contributed by atoms with van der Waals surface area (Å²) in [5, 5.41) is 68.0. The first kappa shape index (κ1) is 51.7. The number of aromatic hydroxyl groups is 1. The molecule has 15 heteroatoms. The minimum atomic E-state index is -2.34. The molecule has 2 fully saturated rings. The van der Waals surface area contributed by atoms with Crippen LogP contribution in [-0.2, 0) is 26.1 Å². The molecule has 0 saturated carbocycles. The number of pyridine rings is 1. The second-order valence-corrected chi connectivity index (χ2v) is 15.5. The third kappa shape index (κ3) is 12.1. The van der Waals surface area contributed by atoms with Gasteiger partial charge in [-0.1, -0.05) is 101 Å². The summed E-state index contributed by atoms with van der Waals surface area (Å²) in [5.41, 5.74) is -0.881. The van der Waals surface area contributed by atoms with Crippen molar-refractivity contribution in [1.82, 2.24) is 9.88 Å². The number of nitrogens with one attached hydrogen (secondary N) is 1. The maximum atomic E-state index is 13.3. The van der Waals surface area contributed by atoms with E-state index < -0.39 is 94.9 Å². The minimum absolute atomic E-state index is 0. The molecule has 3 rings (SSSR count). The number of carbonyl (C=O) groups excluding carboxylic acids is 2. The van der Waals surface area contributed by atoms with E-state index in [2.05, 4.69) is 5.32 Å². The second kappa shape index (κ2) is 22.9. The molecule has 324 valence electrons.